The van der Waals surface area contributed by atoms with Crippen molar-refractivity contribution in [2.75, 3.05) is 0 Å². The second-order valence-electron chi connectivity index (χ2n) is 2.87. The molecule has 0 amide bonds. The molecular formula is C8H6FN3O2. The number of hydrogen-bond donors (Lipinski definition) is 1. The number of hydrogen-bond acceptors (Lipinski definition) is 3. The van der Waals surface area contributed by atoms with Crippen molar-refractivity contribution in [1.82, 2.24) is 9.97 Å². The molecule has 6 heteroatoms. The van der Waals surface area contributed by atoms with Crippen LogP contribution in [0.3, 0.4) is 0 Å². The van der Waals surface area contributed by atoms with Crippen LogP contribution in [0.5, 0.6) is 0 Å². The Morgan fingerprint density at radius 3 is 2.93 bits per heavy atom. The molecule has 0 spiro atoms. The first kappa shape index (κ1) is 8.61. The topological polar surface area (TPSA) is 71.8 Å². The van der Waals surface area contributed by atoms with Crippen LogP contribution in [0.2, 0.25) is 0 Å². The van der Waals surface area contributed by atoms with Gasteiger partial charge in [-0.25, -0.2) is 9.37 Å². The van der Waals surface area contributed by atoms with E-state index in [1.54, 1.807) is 6.92 Å². The summed E-state index contributed by atoms with van der Waals surface area (Å²) in [4.78, 5) is 16.5. The molecule has 0 aliphatic carbocycles. The Hall–Kier alpha value is -1.98. The maximum atomic E-state index is 13.1. The van der Waals surface area contributed by atoms with Crippen LogP contribution in [0.4, 0.5) is 10.1 Å². The van der Waals surface area contributed by atoms with E-state index in [2.05, 4.69) is 9.97 Å². The summed E-state index contributed by atoms with van der Waals surface area (Å²) in [7, 11) is 0. The Balaban J connectivity index is 2.87. The molecule has 0 saturated heterocycles. The third kappa shape index (κ3) is 1.12. The normalized spacial score (nSPS) is 10.7. The van der Waals surface area contributed by atoms with Crippen molar-refractivity contribution in [1.29, 1.82) is 0 Å². The first-order valence-electron chi connectivity index (χ1n) is 3.89. The zero-order chi connectivity index (χ0) is 10.3. The maximum absolute atomic E-state index is 13.1. The molecule has 0 radical (unpaired) electrons. The molecule has 1 heterocycles. The number of fused-ring (bicyclic) bond motifs is 1. The van der Waals surface area contributed by atoms with Gasteiger partial charge >= 0.3 is 0 Å². The van der Waals surface area contributed by atoms with Crippen molar-refractivity contribution >= 4 is 16.7 Å². The second-order valence-corrected chi connectivity index (χ2v) is 2.87. The summed E-state index contributed by atoms with van der Waals surface area (Å²) < 4.78 is 13.1. The fourth-order valence-corrected chi connectivity index (χ4v) is 1.31. The van der Waals surface area contributed by atoms with Crippen molar-refractivity contribution < 1.29 is 9.31 Å². The number of nitro groups is 1. The lowest BCUT2D eigenvalue weighted by Gasteiger charge is -1.92. The van der Waals surface area contributed by atoms with Gasteiger partial charge in [0, 0.05) is 6.07 Å². The predicted molar refractivity (Wildman–Crippen MR) is 47.4 cm³/mol. The van der Waals surface area contributed by atoms with Gasteiger partial charge in [-0.15, -0.1) is 0 Å². The van der Waals surface area contributed by atoms with Crippen LogP contribution in [-0.4, -0.2) is 14.9 Å². The molecule has 2 aromatic rings. The second kappa shape index (κ2) is 2.76. The van der Waals surface area contributed by atoms with Gasteiger partial charge in [-0.3, -0.25) is 10.1 Å². The number of benzene rings is 1. The minimum absolute atomic E-state index is 0.0625. The molecule has 2 rings (SSSR count). The molecule has 1 aromatic heterocycles. The summed E-state index contributed by atoms with van der Waals surface area (Å²) in [6, 6.07) is 2.16. The molecule has 0 fully saturated rings. The third-order valence-corrected chi connectivity index (χ3v) is 1.89. The predicted octanol–water partition coefficient (Wildman–Crippen LogP) is 1.92. The van der Waals surface area contributed by atoms with Gasteiger partial charge in [0.25, 0.3) is 5.69 Å². The summed E-state index contributed by atoms with van der Waals surface area (Å²) in [5.74, 6) is -0.0839. The molecule has 0 unspecified atom stereocenters. The van der Waals surface area contributed by atoms with Gasteiger partial charge < -0.3 is 4.98 Å². The number of nitrogens with one attached hydrogen (secondary N) is 1. The summed E-state index contributed by atoms with van der Waals surface area (Å²) in [6.07, 6.45) is 0. The fourth-order valence-electron chi connectivity index (χ4n) is 1.31. The van der Waals surface area contributed by atoms with Crippen molar-refractivity contribution in [3.05, 3.63) is 33.9 Å². The molecule has 72 valence electrons. The van der Waals surface area contributed by atoms with Crippen LogP contribution >= 0.6 is 0 Å². The van der Waals surface area contributed by atoms with Crippen molar-refractivity contribution in [2.45, 2.75) is 6.92 Å². The zero-order valence-electron chi connectivity index (χ0n) is 7.24. The van der Waals surface area contributed by atoms with Crippen molar-refractivity contribution in [3.63, 3.8) is 0 Å². The Labute approximate surface area is 77.7 Å². The summed E-state index contributed by atoms with van der Waals surface area (Å²) in [5, 5.41) is 10.6. The highest BCUT2D eigenvalue weighted by Gasteiger charge is 2.17. The van der Waals surface area contributed by atoms with Crippen LogP contribution in [-0.2, 0) is 0 Å². The SMILES string of the molecule is Cc1nc2c([N+](=O)[O-])ccc(F)c2[nH]1. The standard InChI is InChI=1S/C8H6FN3O2/c1-4-10-7-5(9)2-3-6(12(13)14)8(7)11-4/h2-3H,1H3,(H,10,11). The van der Waals surface area contributed by atoms with Gasteiger partial charge in [0.15, 0.2) is 5.52 Å². The third-order valence-electron chi connectivity index (χ3n) is 1.89. The molecule has 5 nitrogen and oxygen atoms in total. The van der Waals surface area contributed by atoms with E-state index in [0.29, 0.717) is 5.82 Å². The van der Waals surface area contributed by atoms with Gasteiger partial charge in [-0.1, -0.05) is 0 Å². The number of aromatic amines is 1. The Bertz CT molecular complexity index is 521. The van der Waals surface area contributed by atoms with E-state index in [0.717, 1.165) is 12.1 Å². The average molecular weight is 195 g/mol. The van der Waals surface area contributed by atoms with Crippen molar-refractivity contribution in [2.24, 2.45) is 0 Å². The first-order chi connectivity index (χ1) is 6.59. The van der Waals surface area contributed by atoms with E-state index >= 15 is 0 Å². The van der Waals surface area contributed by atoms with E-state index in [1.807, 2.05) is 0 Å². The largest absolute Gasteiger partial charge is 0.340 e. The van der Waals surface area contributed by atoms with Crippen LogP contribution < -0.4 is 0 Å². The lowest BCUT2D eigenvalue weighted by atomic mass is 10.2. The lowest BCUT2D eigenvalue weighted by molar-refractivity contribution is -0.383. The molecule has 1 N–H and O–H groups in total. The number of non-ortho nitro benzene ring substituents is 1. The molecule has 0 bridgehead atoms. The Morgan fingerprint density at radius 2 is 2.29 bits per heavy atom. The minimum atomic E-state index is -0.581. The van der Waals surface area contributed by atoms with Crippen LogP contribution in [0.25, 0.3) is 11.0 Å². The highest BCUT2D eigenvalue weighted by Crippen LogP contribution is 2.25. The number of rotatable bonds is 1. The molecule has 0 aliphatic rings. The van der Waals surface area contributed by atoms with E-state index in [4.69, 9.17) is 0 Å². The smallest absolute Gasteiger partial charge is 0.297 e. The monoisotopic (exact) mass is 195 g/mol. The van der Waals surface area contributed by atoms with Crippen LogP contribution in [0.1, 0.15) is 5.82 Å². The molecular weight excluding hydrogens is 189 g/mol. The average Bonchev–Trinajstić information content (AvgIpc) is 2.47. The molecule has 0 saturated carbocycles. The number of nitrogens with zero attached hydrogens (tertiary/aromatic N) is 2. The zero-order valence-corrected chi connectivity index (χ0v) is 7.24. The highest BCUT2D eigenvalue weighted by molar-refractivity contribution is 5.85. The number of nitro benzene ring substituents is 1. The summed E-state index contributed by atoms with van der Waals surface area (Å²) in [6.45, 7) is 1.61. The number of aryl methyl sites for hydroxylation is 1. The molecule has 0 atom stereocenters. The number of aromatic nitrogens is 2. The first-order valence-corrected chi connectivity index (χ1v) is 3.89. The maximum Gasteiger partial charge on any atom is 0.297 e. The molecule has 1 aromatic carbocycles. The van der Waals surface area contributed by atoms with E-state index in [1.165, 1.54) is 0 Å². The van der Waals surface area contributed by atoms with Gasteiger partial charge in [-0.2, -0.15) is 0 Å². The molecule has 14 heavy (non-hydrogen) atoms. The molecule has 0 aliphatic heterocycles. The highest BCUT2D eigenvalue weighted by atomic mass is 19.1. The minimum Gasteiger partial charge on any atom is -0.340 e. The number of H-pyrrole nitrogens is 1. The van der Waals surface area contributed by atoms with E-state index in [-0.39, 0.29) is 16.7 Å². The van der Waals surface area contributed by atoms with E-state index in [9.17, 15) is 14.5 Å². The quantitative estimate of drug-likeness (QED) is 0.558. The summed E-state index contributed by atoms with van der Waals surface area (Å²) in [5.41, 5.74) is -0.0463. The van der Waals surface area contributed by atoms with Crippen LogP contribution in [0, 0.1) is 22.9 Å². The Kier molecular flexibility index (Phi) is 1.70. The fraction of sp³-hybridized carbons (Fsp3) is 0.125. The Morgan fingerprint density at radius 1 is 1.57 bits per heavy atom. The van der Waals surface area contributed by atoms with E-state index < -0.39 is 10.7 Å². The van der Waals surface area contributed by atoms with Gasteiger partial charge in [0.1, 0.15) is 17.2 Å². The van der Waals surface area contributed by atoms with Crippen LogP contribution in [0.15, 0.2) is 12.1 Å². The van der Waals surface area contributed by atoms with Gasteiger partial charge in [-0.05, 0) is 13.0 Å². The number of imidazole rings is 1. The van der Waals surface area contributed by atoms with Gasteiger partial charge in [0.2, 0.25) is 0 Å². The van der Waals surface area contributed by atoms with Crippen molar-refractivity contribution in [3.8, 4) is 0 Å². The number of halogens is 1. The lowest BCUT2D eigenvalue weighted by Crippen LogP contribution is -1.90. The summed E-state index contributed by atoms with van der Waals surface area (Å²) >= 11 is 0. The van der Waals surface area contributed by atoms with Gasteiger partial charge in [0.05, 0.1) is 4.92 Å².